The zero-order valence-electron chi connectivity index (χ0n) is 14.9. The van der Waals surface area contributed by atoms with Crippen molar-refractivity contribution in [1.29, 1.82) is 0 Å². The van der Waals surface area contributed by atoms with Gasteiger partial charge in [0.05, 0.1) is 6.42 Å². The Kier molecular flexibility index (Phi) is 4.84. The van der Waals surface area contributed by atoms with Crippen molar-refractivity contribution < 1.29 is 14.1 Å². The van der Waals surface area contributed by atoms with Gasteiger partial charge in [-0.25, -0.2) is 0 Å². The molecule has 28 heavy (non-hydrogen) atoms. The van der Waals surface area contributed by atoms with Crippen LogP contribution >= 0.6 is 0 Å². The molecule has 6 heteroatoms. The normalized spacial score (nSPS) is 10.6. The first-order valence-corrected chi connectivity index (χ1v) is 8.79. The third-order valence-electron chi connectivity index (χ3n) is 4.35. The van der Waals surface area contributed by atoms with Gasteiger partial charge in [-0.15, -0.1) is 0 Å². The fourth-order valence-corrected chi connectivity index (χ4v) is 2.98. The van der Waals surface area contributed by atoms with Gasteiger partial charge in [0.15, 0.2) is 11.5 Å². The lowest BCUT2D eigenvalue weighted by Crippen LogP contribution is -2.42. The van der Waals surface area contributed by atoms with Gasteiger partial charge < -0.3 is 4.52 Å². The molecule has 0 unspecified atom stereocenters. The molecule has 2 amide bonds. The highest BCUT2D eigenvalue weighted by Crippen LogP contribution is 2.20. The average Bonchev–Trinajstić information content (AvgIpc) is 3.23. The molecule has 138 valence electrons. The van der Waals surface area contributed by atoms with Crippen molar-refractivity contribution in [3.8, 4) is 11.3 Å². The van der Waals surface area contributed by atoms with E-state index in [0.717, 1.165) is 21.9 Å². The number of amides is 2. The van der Waals surface area contributed by atoms with Crippen molar-refractivity contribution in [3.05, 3.63) is 90.1 Å². The van der Waals surface area contributed by atoms with E-state index in [0.29, 0.717) is 5.76 Å². The Labute approximate surface area is 161 Å². The maximum Gasteiger partial charge on any atom is 0.291 e. The molecule has 0 saturated carbocycles. The lowest BCUT2D eigenvalue weighted by molar-refractivity contribution is -0.121. The molecule has 2 N–H and O–H groups in total. The predicted octanol–water partition coefficient (Wildman–Crippen LogP) is 3.50. The molecule has 4 aromatic rings. The van der Waals surface area contributed by atoms with E-state index in [2.05, 4.69) is 16.0 Å². The second kappa shape index (κ2) is 7.75. The second-order valence-electron chi connectivity index (χ2n) is 6.26. The Hall–Kier alpha value is -3.93. The summed E-state index contributed by atoms with van der Waals surface area (Å²) in [6.07, 6.45) is 0.149. The maximum atomic E-state index is 12.2. The van der Waals surface area contributed by atoms with Crippen molar-refractivity contribution in [2.75, 3.05) is 0 Å². The third-order valence-corrected chi connectivity index (χ3v) is 4.35. The van der Waals surface area contributed by atoms with Crippen LogP contribution in [0.5, 0.6) is 0 Å². The topological polar surface area (TPSA) is 84.2 Å². The highest BCUT2D eigenvalue weighted by atomic mass is 16.5. The number of fused-ring (bicyclic) bond motifs is 1. The van der Waals surface area contributed by atoms with Gasteiger partial charge in [-0.1, -0.05) is 78.0 Å². The molecule has 0 fully saturated rings. The van der Waals surface area contributed by atoms with Crippen LogP contribution < -0.4 is 10.9 Å². The van der Waals surface area contributed by atoms with Crippen LogP contribution in [0.2, 0.25) is 0 Å². The molecule has 3 aromatic carbocycles. The number of benzene rings is 3. The summed E-state index contributed by atoms with van der Waals surface area (Å²) in [5.41, 5.74) is 6.58. The number of nitrogens with zero attached hydrogens (tertiary/aromatic N) is 1. The summed E-state index contributed by atoms with van der Waals surface area (Å²) >= 11 is 0. The first-order valence-electron chi connectivity index (χ1n) is 8.79. The molecule has 0 aliphatic heterocycles. The van der Waals surface area contributed by atoms with Crippen molar-refractivity contribution in [2.45, 2.75) is 6.42 Å². The Morgan fingerprint density at radius 1 is 0.857 bits per heavy atom. The molecule has 0 radical (unpaired) electrons. The number of carbonyl (C=O) groups is 2. The molecule has 0 spiro atoms. The quantitative estimate of drug-likeness (QED) is 0.538. The molecule has 0 bridgehead atoms. The molecule has 0 atom stereocenters. The van der Waals surface area contributed by atoms with E-state index in [1.807, 2.05) is 72.8 Å². The van der Waals surface area contributed by atoms with E-state index in [9.17, 15) is 9.59 Å². The highest BCUT2D eigenvalue weighted by molar-refractivity contribution is 5.95. The van der Waals surface area contributed by atoms with Crippen LogP contribution in [0, 0.1) is 0 Å². The number of carbonyl (C=O) groups excluding carboxylic acids is 2. The largest absolute Gasteiger partial charge is 0.355 e. The Morgan fingerprint density at radius 3 is 2.46 bits per heavy atom. The summed E-state index contributed by atoms with van der Waals surface area (Å²) in [6, 6.07) is 24.5. The number of hydrogen-bond acceptors (Lipinski definition) is 4. The molecule has 1 heterocycles. The van der Waals surface area contributed by atoms with Crippen LogP contribution in [0.15, 0.2) is 83.4 Å². The van der Waals surface area contributed by atoms with Crippen LogP contribution in [0.25, 0.3) is 22.1 Å². The smallest absolute Gasteiger partial charge is 0.291 e. The minimum Gasteiger partial charge on any atom is -0.355 e. The van der Waals surface area contributed by atoms with Crippen LogP contribution in [-0.4, -0.2) is 17.0 Å². The molecule has 6 nitrogen and oxygen atoms in total. The Bertz CT molecular complexity index is 1130. The first kappa shape index (κ1) is 17.5. The zero-order chi connectivity index (χ0) is 19.3. The second-order valence-corrected chi connectivity index (χ2v) is 6.26. The molecule has 1 aromatic heterocycles. The monoisotopic (exact) mass is 371 g/mol. The average molecular weight is 371 g/mol. The molecular weight excluding hydrogens is 354 g/mol. The van der Waals surface area contributed by atoms with E-state index in [-0.39, 0.29) is 18.0 Å². The fraction of sp³-hybridized carbons (Fsp3) is 0.0455. The summed E-state index contributed by atoms with van der Waals surface area (Å²) in [5.74, 6) is -0.387. The molecular formula is C22H17N3O3. The summed E-state index contributed by atoms with van der Waals surface area (Å²) in [4.78, 5) is 24.5. The lowest BCUT2D eigenvalue weighted by atomic mass is 10.0. The summed E-state index contributed by atoms with van der Waals surface area (Å²) < 4.78 is 5.20. The Morgan fingerprint density at radius 2 is 1.61 bits per heavy atom. The summed E-state index contributed by atoms with van der Waals surface area (Å²) in [7, 11) is 0. The van der Waals surface area contributed by atoms with Gasteiger partial charge in [-0.05, 0) is 16.3 Å². The molecule has 0 aliphatic carbocycles. The summed E-state index contributed by atoms with van der Waals surface area (Å²) in [5, 5.41) is 5.83. The van der Waals surface area contributed by atoms with E-state index >= 15 is 0 Å². The lowest BCUT2D eigenvalue weighted by Gasteiger charge is -2.08. The maximum absolute atomic E-state index is 12.2. The minimum absolute atomic E-state index is 0.0873. The van der Waals surface area contributed by atoms with E-state index < -0.39 is 5.91 Å². The van der Waals surface area contributed by atoms with Gasteiger partial charge >= 0.3 is 0 Å². The van der Waals surface area contributed by atoms with Crippen LogP contribution in [0.1, 0.15) is 16.1 Å². The number of aromatic nitrogens is 1. The van der Waals surface area contributed by atoms with Crippen molar-refractivity contribution >= 4 is 22.6 Å². The van der Waals surface area contributed by atoms with Gasteiger partial charge in [0.2, 0.25) is 5.91 Å². The number of hydrazine groups is 1. The van der Waals surface area contributed by atoms with Gasteiger partial charge in [0, 0.05) is 11.6 Å². The molecule has 4 rings (SSSR count). The van der Waals surface area contributed by atoms with Gasteiger partial charge in [-0.3, -0.25) is 20.4 Å². The van der Waals surface area contributed by atoms with Crippen molar-refractivity contribution in [1.82, 2.24) is 16.0 Å². The first-order chi connectivity index (χ1) is 13.7. The van der Waals surface area contributed by atoms with Gasteiger partial charge in [0.25, 0.3) is 5.91 Å². The van der Waals surface area contributed by atoms with E-state index in [1.165, 1.54) is 6.07 Å². The van der Waals surface area contributed by atoms with Gasteiger partial charge in [-0.2, -0.15) is 0 Å². The highest BCUT2D eigenvalue weighted by Gasteiger charge is 2.15. The van der Waals surface area contributed by atoms with Crippen LogP contribution in [-0.2, 0) is 11.2 Å². The standard InChI is InChI=1S/C22H17N3O3/c26-21(13-17-11-6-10-15-7-4-5-12-18(15)17)23-24-22(27)19-14-20(28-25-19)16-8-2-1-3-9-16/h1-12,14H,13H2,(H,23,26)(H,24,27). The van der Waals surface area contributed by atoms with Gasteiger partial charge in [0.1, 0.15) is 0 Å². The number of hydrogen-bond donors (Lipinski definition) is 2. The minimum atomic E-state index is -0.544. The van der Waals surface area contributed by atoms with Crippen molar-refractivity contribution in [3.63, 3.8) is 0 Å². The van der Waals surface area contributed by atoms with Crippen LogP contribution in [0.3, 0.4) is 0 Å². The fourth-order valence-electron chi connectivity index (χ4n) is 2.98. The Balaban J connectivity index is 1.38. The van der Waals surface area contributed by atoms with Crippen LogP contribution in [0.4, 0.5) is 0 Å². The van der Waals surface area contributed by atoms with E-state index in [4.69, 9.17) is 4.52 Å². The van der Waals surface area contributed by atoms with E-state index in [1.54, 1.807) is 0 Å². The SMILES string of the molecule is O=C(Cc1cccc2ccccc12)NNC(=O)c1cc(-c2ccccc2)on1. The predicted molar refractivity (Wildman–Crippen MR) is 105 cm³/mol. The molecule has 0 saturated heterocycles. The number of nitrogens with one attached hydrogen (secondary N) is 2. The molecule has 0 aliphatic rings. The summed E-state index contributed by atoms with van der Waals surface area (Å²) in [6.45, 7) is 0. The van der Waals surface area contributed by atoms with Crippen molar-refractivity contribution in [2.24, 2.45) is 0 Å². The number of rotatable bonds is 4. The third kappa shape index (κ3) is 3.76. The zero-order valence-corrected chi connectivity index (χ0v) is 14.9.